The predicted molar refractivity (Wildman–Crippen MR) is 113 cm³/mol. The number of nitrogens with two attached hydrogens (primary N) is 1. The highest BCUT2D eigenvalue weighted by Crippen LogP contribution is 2.40. The maximum Gasteiger partial charge on any atom is 0.412 e. The number of nitrogens with zero attached hydrogens (tertiary/aromatic N) is 2. The number of allylic oxidation sites excluding steroid dienone is 2. The van der Waals surface area contributed by atoms with Crippen molar-refractivity contribution in [3.63, 3.8) is 0 Å². The minimum absolute atomic E-state index is 0.0757. The van der Waals surface area contributed by atoms with Gasteiger partial charge in [0, 0.05) is 44.1 Å². The zero-order valence-electron chi connectivity index (χ0n) is 18.5. The molecule has 1 atom stereocenters. The van der Waals surface area contributed by atoms with Crippen molar-refractivity contribution in [2.45, 2.75) is 53.4 Å². The Morgan fingerprint density at radius 2 is 2.03 bits per heavy atom. The average Bonchev–Trinajstić information content (AvgIpc) is 2.60. The van der Waals surface area contributed by atoms with Crippen molar-refractivity contribution in [2.75, 3.05) is 20.2 Å². The van der Waals surface area contributed by atoms with Gasteiger partial charge in [-0.15, -0.1) is 0 Å². The molecule has 0 aromatic carbocycles. The van der Waals surface area contributed by atoms with Crippen LogP contribution in [-0.2, 0) is 14.3 Å². The summed E-state index contributed by atoms with van der Waals surface area (Å²) < 4.78 is 6.11. The molecule has 0 spiro atoms. The number of ketones is 1. The number of hydrogen-bond acceptors (Lipinski definition) is 5. The lowest BCUT2D eigenvalue weighted by molar-refractivity contribution is -0.126. The molecule has 30 heavy (non-hydrogen) atoms. The molecule has 0 radical (unpaired) electrons. The smallest absolute Gasteiger partial charge is 0.412 e. The zero-order valence-corrected chi connectivity index (χ0v) is 18.5. The number of Topliss-reactive ketones (excluding diaryl/α,β-unsaturated/α-hetero) is 1. The number of primary amides is 1. The van der Waals surface area contributed by atoms with Crippen molar-refractivity contribution in [2.24, 2.45) is 17.1 Å². The fraction of sp³-hybridized carbons (Fsp3) is 0.591. The summed E-state index contributed by atoms with van der Waals surface area (Å²) in [6, 6.07) is 0. The Hall–Kier alpha value is -2.77. The Morgan fingerprint density at radius 1 is 1.37 bits per heavy atom. The molecule has 0 fully saturated rings. The summed E-state index contributed by atoms with van der Waals surface area (Å²) >= 11 is 0. The van der Waals surface area contributed by atoms with Crippen LogP contribution >= 0.6 is 0 Å². The maximum atomic E-state index is 12.6. The van der Waals surface area contributed by atoms with Crippen molar-refractivity contribution in [3.8, 4) is 0 Å². The van der Waals surface area contributed by atoms with Crippen LogP contribution in [0.3, 0.4) is 0 Å². The quantitative estimate of drug-likeness (QED) is 0.584. The van der Waals surface area contributed by atoms with E-state index in [2.05, 4.69) is 20.8 Å². The van der Waals surface area contributed by atoms with E-state index < -0.39 is 17.9 Å². The van der Waals surface area contributed by atoms with Crippen LogP contribution in [0.4, 0.5) is 4.79 Å². The first-order chi connectivity index (χ1) is 13.9. The molecular weight excluding hydrogens is 386 g/mol. The van der Waals surface area contributed by atoms with Crippen LogP contribution in [-0.4, -0.2) is 52.9 Å². The topological polar surface area (TPSA) is 113 Å². The number of amides is 2. The molecule has 1 aliphatic carbocycles. The molecule has 2 rings (SSSR count). The second kappa shape index (κ2) is 9.36. The lowest BCUT2D eigenvalue weighted by Gasteiger charge is -2.40. The van der Waals surface area contributed by atoms with E-state index in [4.69, 9.17) is 10.5 Å². The largest absolute Gasteiger partial charge is 0.489 e. The van der Waals surface area contributed by atoms with E-state index in [0.29, 0.717) is 30.3 Å². The van der Waals surface area contributed by atoms with Crippen molar-refractivity contribution < 1.29 is 24.2 Å². The van der Waals surface area contributed by atoms with Crippen LogP contribution in [0.2, 0.25) is 0 Å². The number of carbonyl (C=O) groups excluding carboxylic acids is 2. The van der Waals surface area contributed by atoms with Gasteiger partial charge in [-0.3, -0.25) is 14.5 Å². The average molecular weight is 420 g/mol. The van der Waals surface area contributed by atoms with E-state index in [1.54, 1.807) is 6.08 Å². The van der Waals surface area contributed by atoms with Gasteiger partial charge in [0.25, 0.3) is 0 Å². The molecule has 8 nitrogen and oxygen atoms in total. The molecule has 2 aliphatic rings. The van der Waals surface area contributed by atoms with Gasteiger partial charge < -0.3 is 20.5 Å². The second-order valence-electron chi connectivity index (χ2n) is 9.04. The van der Waals surface area contributed by atoms with Gasteiger partial charge >= 0.3 is 6.09 Å². The van der Waals surface area contributed by atoms with Crippen LogP contribution in [0, 0.1) is 11.3 Å². The van der Waals surface area contributed by atoms with E-state index in [0.717, 1.165) is 23.3 Å². The van der Waals surface area contributed by atoms with Gasteiger partial charge in [-0.05, 0) is 17.4 Å². The summed E-state index contributed by atoms with van der Waals surface area (Å²) in [5.41, 5.74) is 6.62. The van der Waals surface area contributed by atoms with Crippen molar-refractivity contribution in [1.29, 1.82) is 0 Å². The summed E-state index contributed by atoms with van der Waals surface area (Å²) in [5.74, 6) is -0.427. The summed E-state index contributed by atoms with van der Waals surface area (Å²) in [6.07, 6.45) is 4.22. The van der Waals surface area contributed by atoms with Crippen LogP contribution in [0.5, 0.6) is 0 Å². The van der Waals surface area contributed by atoms with E-state index in [1.165, 1.54) is 7.05 Å². The summed E-state index contributed by atoms with van der Waals surface area (Å²) in [5, 5.41) is 9.70. The minimum Gasteiger partial charge on any atom is -0.489 e. The van der Waals surface area contributed by atoms with Crippen LogP contribution < -0.4 is 5.73 Å². The molecule has 0 aromatic rings. The van der Waals surface area contributed by atoms with Gasteiger partial charge in [0.15, 0.2) is 11.6 Å². The van der Waals surface area contributed by atoms with E-state index in [9.17, 15) is 19.5 Å². The molecule has 1 aliphatic heterocycles. The van der Waals surface area contributed by atoms with Crippen molar-refractivity contribution >= 4 is 17.8 Å². The van der Waals surface area contributed by atoms with Crippen LogP contribution in [0.1, 0.15) is 53.4 Å². The number of rotatable bonds is 8. The third kappa shape index (κ3) is 5.64. The molecule has 3 N–H and O–H groups in total. The van der Waals surface area contributed by atoms with Crippen LogP contribution in [0.25, 0.3) is 0 Å². The van der Waals surface area contributed by atoms with Gasteiger partial charge in [0.2, 0.25) is 5.91 Å². The number of hydrogen-bond donors (Lipinski definition) is 2. The molecule has 1 unspecified atom stereocenters. The Bertz CT molecular complexity index is 804. The van der Waals surface area contributed by atoms with E-state index in [1.807, 2.05) is 18.0 Å². The molecular formula is C22H33N3O5. The van der Waals surface area contributed by atoms with Crippen molar-refractivity contribution in [1.82, 2.24) is 9.80 Å². The van der Waals surface area contributed by atoms with E-state index >= 15 is 0 Å². The number of unbranched alkanes of at least 4 members (excludes halogenated alkanes) is 1. The number of fused-ring (bicyclic) bond motifs is 1. The highest BCUT2D eigenvalue weighted by Gasteiger charge is 2.37. The van der Waals surface area contributed by atoms with Gasteiger partial charge in [-0.25, -0.2) is 4.79 Å². The maximum absolute atomic E-state index is 12.6. The highest BCUT2D eigenvalue weighted by molar-refractivity contribution is 5.92. The molecule has 0 bridgehead atoms. The van der Waals surface area contributed by atoms with Crippen molar-refractivity contribution in [3.05, 3.63) is 35.0 Å². The van der Waals surface area contributed by atoms with Gasteiger partial charge in [-0.1, -0.05) is 40.2 Å². The normalized spacial score (nSPS) is 19.2. The molecule has 0 aromatic heterocycles. The zero-order chi connectivity index (χ0) is 22.6. The molecule has 0 saturated carbocycles. The second-order valence-corrected chi connectivity index (χ2v) is 9.04. The monoisotopic (exact) mass is 419 g/mol. The van der Waals surface area contributed by atoms with E-state index in [-0.39, 0.29) is 24.0 Å². The summed E-state index contributed by atoms with van der Waals surface area (Å²) in [4.78, 5) is 38.9. The minimum atomic E-state index is -1.11. The summed E-state index contributed by atoms with van der Waals surface area (Å²) in [7, 11) is 1.48. The fourth-order valence-corrected chi connectivity index (χ4v) is 3.57. The first-order valence-electron chi connectivity index (χ1n) is 10.3. The van der Waals surface area contributed by atoms with Gasteiger partial charge in [0.05, 0.1) is 6.61 Å². The van der Waals surface area contributed by atoms with Crippen LogP contribution in [0.15, 0.2) is 35.0 Å². The Labute approximate surface area is 178 Å². The third-order valence-electron chi connectivity index (χ3n) is 4.94. The number of carboxylic acid groups (broad SMARTS) is 1. The number of carbonyl (C=O) groups is 3. The van der Waals surface area contributed by atoms with Gasteiger partial charge in [0.1, 0.15) is 5.78 Å². The standard InChI is InChI=1S/C22H33N3O5/c1-6-7-8-30-19-16-9-14(11-18(23)27)17(26)10-15(16)12-25(13-22(2,3)4)20(19)24(5)21(28)29/h9,12,14H,6-8,10-11,13H2,1-5H3,(H2,23,27)(H,28,29). The predicted octanol–water partition coefficient (Wildman–Crippen LogP) is 3.22. The molecule has 8 heteroatoms. The lowest BCUT2D eigenvalue weighted by Crippen LogP contribution is -2.41. The molecule has 1 heterocycles. The Kier molecular flexibility index (Phi) is 7.34. The fourth-order valence-electron chi connectivity index (χ4n) is 3.57. The Morgan fingerprint density at radius 3 is 2.57 bits per heavy atom. The molecule has 0 saturated heterocycles. The summed E-state index contributed by atoms with van der Waals surface area (Å²) in [6.45, 7) is 9.17. The highest BCUT2D eigenvalue weighted by atomic mass is 16.5. The SMILES string of the molecule is CCCCOC1=C(N(C)C(=O)O)N(CC(C)(C)C)C=C2CC(=O)C(CC(N)=O)C=C21. The first kappa shape index (κ1) is 23.5. The molecule has 2 amide bonds. The first-order valence-corrected chi connectivity index (χ1v) is 10.3. The molecule has 166 valence electrons. The lowest BCUT2D eigenvalue weighted by atomic mass is 9.81. The van der Waals surface area contributed by atoms with Gasteiger partial charge in [-0.2, -0.15) is 0 Å². The number of ether oxygens (including phenoxy) is 1. The Balaban J connectivity index is 2.63. The third-order valence-corrected chi connectivity index (χ3v) is 4.94.